The smallest absolute Gasteiger partial charge is 0.382 e. The number of β-amino-alcohol motifs (C(OH)–C–C–N with tert-alkyl or cyclic N) is 1. The minimum absolute atomic E-state index is 0.218. The third kappa shape index (κ3) is 4.15. The van der Waals surface area contributed by atoms with Crippen molar-refractivity contribution in [2.24, 2.45) is 0 Å². The van der Waals surface area contributed by atoms with Crippen molar-refractivity contribution in [3.05, 3.63) is 0 Å². The van der Waals surface area contributed by atoms with Crippen LogP contribution in [0.1, 0.15) is 6.92 Å². The molecule has 1 aliphatic heterocycles. The predicted octanol–water partition coefficient (Wildman–Crippen LogP) is 0.439. The first-order valence-corrected chi connectivity index (χ1v) is 5.45. The molecule has 98 valence electrons. The van der Waals surface area contributed by atoms with Crippen LogP contribution in [0.2, 0.25) is 0 Å². The molecule has 1 aliphatic rings. The lowest BCUT2D eigenvalue weighted by atomic mass is 10.2. The van der Waals surface area contributed by atoms with Crippen molar-refractivity contribution in [1.82, 2.24) is 9.80 Å². The molecule has 0 saturated carbocycles. The zero-order valence-electron chi connectivity index (χ0n) is 9.61. The Labute approximate surface area is 98.2 Å². The SMILES string of the molecule is CC(C#N)N1CCN(CC(O)C(F)(F)F)CC1. The zero-order valence-corrected chi connectivity index (χ0v) is 9.61. The Morgan fingerprint density at radius 1 is 1.29 bits per heavy atom. The van der Waals surface area contributed by atoms with Crippen LogP contribution in [0.25, 0.3) is 0 Å². The van der Waals surface area contributed by atoms with Crippen LogP contribution in [0.3, 0.4) is 0 Å². The van der Waals surface area contributed by atoms with Crippen molar-refractivity contribution in [3.8, 4) is 6.07 Å². The van der Waals surface area contributed by atoms with E-state index in [1.54, 1.807) is 11.8 Å². The first kappa shape index (κ1) is 14.2. The Balaban J connectivity index is 2.36. The van der Waals surface area contributed by atoms with Gasteiger partial charge in [-0.1, -0.05) is 0 Å². The van der Waals surface area contributed by atoms with Gasteiger partial charge in [0.1, 0.15) is 0 Å². The molecule has 0 bridgehead atoms. The number of aliphatic hydroxyl groups is 1. The number of nitriles is 1. The van der Waals surface area contributed by atoms with Gasteiger partial charge in [-0.15, -0.1) is 0 Å². The molecule has 1 heterocycles. The molecule has 2 atom stereocenters. The minimum Gasteiger partial charge on any atom is -0.382 e. The Kier molecular flexibility index (Phi) is 4.74. The molecular weight excluding hydrogens is 235 g/mol. The van der Waals surface area contributed by atoms with E-state index in [0.29, 0.717) is 26.2 Å². The molecule has 1 fully saturated rings. The van der Waals surface area contributed by atoms with Crippen LogP contribution in [-0.2, 0) is 0 Å². The summed E-state index contributed by atoms with van der Waals surface area (Å²) in [5.41, 5.74) is 0. The number of nitrogens with zero attached hydrogens (tertiary/aromatic N) is 3. The Hall–Kier alpha value is -0.840. The molecule has 0 spiro atoms. The number of aliphatic hydroxyl groups excluding tert-OH is 1. The highest BCUT2D eigenvalue weighted by atomic mass is 19.4. The number of hydrogen-bond acceptors (Lipinski definition) is 4. The second-order valence-electron chi connectivity index (χ2n) is 4.20. The summed E-state index contributed by atoms with van der Waals surface area (Å²) < 4.78 is 36.4. The van der Waals surface area contributed by atoms with E-state index in [1.165, 1.54) is 0 Å². The highest BCUT2D eigenvalue weighted by molar-refractivity contribution is 4.90. The fourth-order valence-corrected chi connectivity index (χ4v) is 1.76. The first-order chi connectivity index (χ1) is 7.84. The fourth-order valence-electron chi connectivity index (χ4n) is 1.76. The van der Waals surface area contributed by atoms with E-state index in [2.05, 4.69) is 6.07 Å². The largest absolute Gasteiger partial charge is 0.415 e. The third-order valence-electron chi connectivity index (χ3n) is 2.95. The van der Waals surface area contributed by atoms with E-state index in [0.717, 1.165) is 0 Å². The van der Waals surface area contributed by atoms with Crippen molar-refractivity contribution in [2.45, 2.75) is 25.2 Å². The molecule has 1 saturated heterocycles. The zero-order chi connectivity index (χ0) is 13.1. The van der Waals surface area contributed by atoms with Gasteiger partial charge in [0.05, 0.1) is 12.1 Å². The average molecular weight is 251 g/mol. The Bertz CT molecular complexity index is 282. The molecule has 0 aromatic heterocycles. The first-order valence-electron chi connectivity index (χ1n) is 5.45. The molecule has 17 heavy (non-hydrogen) atoms. The summed E-state index contributed by atoms with van der Waals surface area (Å²) in [6.07, 6.45) is -6.85. The number of hydrogen-bond donors (Lipinski definition) is 1. The second kappa shape index (κ2) is 5.67. The highest BCUT2D eigenvalue weighted by Crippen LogP contribution is 2.21. The van der Waals surface area contributed by atoms with E-state index in [4.69, 9.17) is 10.4 Å². The van der Waals surface area contributed by atoms with Gasteiger partial charge in [-0.3, -0.25) is 9.80 Å². The van der Waals surface area contributed by atoms with Crippen LogP contribution < -0.4 is 0 Å². The Morgan fingerprint density at radius 2 is 1.82 bits per heavy atom. The number of rotatable bonds is 3. The van der Waals surface area contributed by atoms with Gasteiger partial charge in [0, 0.05) is 32.7 Å². The summed E-state index contributed by atoms with van der Waals surface area (Å²) >= 11 is 0. The van der Waals surface area contributed by atoms with Crippen LogP contribution in [-0.4, -0.2) is 66.0 Å². The standard InChI is InChI=1S/C10H16F3N3O/c1-8(6-14)16-4-2-15(3-5-16)7-9(17)10(11,12)13/h8-9,17H,2-5,7H2,1H3. The number of alkyl halides is 3. The normalized spacial score (nSPS) is 23.1. The summed E-state index contributed by atoms with van der Waals surface area (Å²) in [5.74, 6) is 0. The second-order valence-corrected chi connectivity index (χ2v) is 4.20. The average Bonchev–Trinajstić information content (AvgIpc) is 2.27. The van der Waals surface area contributed by atoms with Crippen LogP contribution in [0.15, 0.2) is 0 Å². The van der Waals surface area contributed by atoms with Crippen LogP contribution in [0.4, 0.5) is 13.2 Å². The molecule has 0 radical (unpaired) electrons. The van der Waals surface area contributed by atoms with Gasteiger partial charge >= 0.3 is 6.18 Å². The van der Waals surface area contributed by atoms with Gasteiger partial charge in [-0.05, 0) is 6.92 Å². The fraction of sp³-hybridized carbons (Fsp3) is 0.900. The van der Waals surface area contributed by atoms with E-state index in [9.17, 15) is 13.2 Å². The molecule has 4 nitrogen and oxygen atoms in total. The van der Waals surface area contributed by atoms with E-state index in [-0.39, 0.29) is 6.04 Å². The van der Waals surface area contributed by atoms with Crippen molar-refractivity contribution in [3.63, 3.8) is 0 Å². The van der Waals surface area contributed by atoms with Crippen molar-refractivity contribution in [2.75, 3.05) is 32.7 Å². The molecule has 0 aliphatic carbocycles. The third-order valence-corrected chi connectivity index (χ3v) is 2.95. The summed E-state index contributed by atoms with van der Waals surface area (Å²) in [7, 11) is 0. The quantitative estimate of drug-likeness (QED) is 0.790. The van der Waals surface area contributed by atoms with Crippen LogP contribution in [0.5, 0.6) is 0 Å². The number of piperazine rings is 1. The van der Waals surface area contributed by atoms with Gasteiger partial charge < -0.3 is 5.11 Å². The van der Waals surface area contributed by atoms with Crippen molar-refractivity contribution < 1.29 is 18.3 Å². The van der Waals surface area contributed by atoms with Gasteiger partial charge in [-0.25, -0.2) is 0 Å². The lowest BCUT2D eigenvalue weighted by molar-refractivity contribution is -0.209. The maximum absolute atomic E-state index is 12.1. The molecule has 2 unspecified atom stereocenters. The summed E-state index contributed by atoms with van der Waals surface area (Å²) in [4.78, 5) is 3.48. The summed E-state index contributed by atoms with van der Waals surface area (Å²) in [6.45, 7) is 3.37. The monoisotopic (exact) mass is 251 g/mol. The summed E-state index contributed by atoms with van der Waals surface area (Å²) in [6, 6.07) is 1.87. The highest BCUT2D eigenvalue weighted by Gasteiger charge is 2.39. The predicted molar refractivity (Wildman–Crippen MR) is 55.1 cm³/mol. The maximum Gasteiger partial charge on any atom is 0.415 e. The molecule has 1 rings (SSSR count). The molecule has 7 heteroatoms. The molecule has 0 aromatic carbocycles. The van der Waals surface area contributed by atoms with Gasteiger partial charge in [0.15, 0.2) is 6.10 Å². The lowest BCUT2D eigenvalue weighted by Gasteiger charge is -2.36. The van der Waals surface area contributed by atoms with E-state index in [1.807, 2.05) is 4.90 Å². The molecule has 0 aromatic rings. The minimum atomic E-state index is -4.56. The lowest BCUT2D eigenvalue weighted by Crippen LogP contribution is -2.52. The Morgan fingerprint density at radius 3 is 2.24 bits per heavy atom. The van der Waals surface area contributed by atoms with E-state index >= 15 is 0 Å². The molecule has 1 N–H and O–H groups in total. The van der Waals surface area contributed by atoms with Crippen LogP contribution >= 0.6 is 0 Å². The van der Waals surface area contributed by atoms with Crippen LogP contribution in [0, 0.1) is 11.3 Å². The van der Waals surface area contributed by atoms with Crippen molar-refractivity contribution >= 4 is 0 Å². The van der Waals surface area contributed by atoms with Gasteiger partial charge in [0.2, 0.25) is 0 Å². The topological polar surface area (TPSA) is 50.5 Å². The maximum atomic E-state index is 12.1. The van der Waals surface area contributed by atoms with Crippen molar-refractivity contribution in [1.29, 1.82) is 5.26 Å². The summed E-state index contributed by atoms with van der Waals surface area (Å²) in [5, 5.41) is 17.6. The molecule has 0 amide bonds. The van der Waals surface area contributed by atoms with E-state index < -0.39 is 18.8 Å². The van der Waals surface area contributed by atoms with Gasteiger partial charge in [0.25, 0.3) is 0 Å². The molecular formula is C10H16F3N3O. The van der Waals surface area contributed by atoms with Gasteiger partial charge in [-0.2, -0.15) is 18.4 Å². The number of halogens is 3.